The fourth-order valence-corrected chi connectivity index (χ4v) is 3.64. The maximum atomic E-state index is 12.8. The van der Waals surface area contributed by atoms with Crippen molar-refractivity contribution in [3.8, 4) is 0 Å². The summed E-state index contributed by atoms with van der Waals surface area (Å²) >= 11 is 0. The third kappa shape index (κ3) is 3.46. The number of aromatic nitrogens is 4. The van der Waals surface area contributed by atoms with Gasteiger partial charge in [0.15, 0.2) is 17.5 Å². The Kier molecular flexibility index (Phi) is 5.13. The van der Waals surface area contributed by atoms with Gasteiger partial charge in [0.25, 0.3) is 0 Å². The topological polar surface area (TPSA) is 107 Å². The number of hydrogen-bond acceptors (Lipinski definition) is 6. The molecule has 0 saturated carbocycles. The molecule has 0 spiro atoms. The molecular formula is C21H24N4O4. The van der Waals surface area contributed by atoms with E-state index in [1.165, 1.54) is 13.8 Å². The molecule has 3 rings (SSSR count). The van der Waals surface area contributed by atoms with Crippen molar-refractivity contribution in [2.45, 2.75) is 47.6 Å². The fraction of sp³-hybridized carbons (Fsp3) is 0.381. The van der Waals surface area contributed by atoms with Crippen molar-refractivity contribution in [1.82, 2.24) is 19.7 Å². The van der Waals surface area contributed by atoms with E-state index in [-0.39, 0.29) is 17.0 Å². The first kappa shape index (κ1) is 20.4. The maximum Gasteiger partial charge on any atom is 0.340 e. The van der Waals surface area contributed by atoms with Crippen molar-refractivity contribution >= 4 is 28.6 Å². The number of fused-ring (bicyclic) bond motifs is 1. The molecule has 0 saturated heterocycles. The van der Waals surface area contributed by atoms with E-state index in [4.69, 9.17) is 4.74 Å². The van der Waals surface area contributed by atoms with Crippen LogP contribution in [0.4, 0.5) is 0 Å². The zero-order valence-corrected chi connectivity index (χ0v) is 17.6. The van der Waals surface area contributed by atoms with E-state index in [9.17, 15) is 14.4 Å². The summed E-state index contributed by atoms with van der Waals surface area (Å²) in [5.74, 6) is -1.15. The number of carbonyl (C=O) groups is 3. The standard InChI is InChI=1S/C21H24N4O4/c1-9-17(13(5)26)12(4)22-18(9)19(27)14(6)29-21(28)16-8-15-11(3)24-25(7)20(15)23-10(16)2/h8,14,22H,1-7H3/t14-/m1/s1. The minimum absolute atomic E-state index is 0.123. The van der Waals surface area contributed by atoms with E-state index in [1.54, 1.807) is 38.6 Å². The summed E-state index contributed by atoms with van der Waals surface area (Å²) < 4.78 is 7.09. The molecule has 0 aliphatic heterocycles. The van der Waals surface area contributed by atoms with Crippen molar-refractivity contribution in [3.63, 3.8) is 0 Å². The fourth-order valence-electron chi connectivity index (χ4n) is 3.64. The van der Waals surface area contributed by atoms with Crippen molar-refractivity contribution in [2.75, 3.05) is 0 Å². The Labute approximate surface area is 168 Å². The van der Waals surface area contributed by atoms with Crippen LogP contribution in [0.2, 0.25) is 0 Å². The average molecular weight is 396 g/mol. The lowest BCUT2D eigenvalue weighted by molar-refractivity contribution is 0.0316. The molecule has 1 atom stereocenters. The predicted molar refractivity (Wildman–Crippen MR) is 107 cm³/mol. The predicted octanol–water partition coefficient (Wildman–Crippen LogP) is 3.16. The van der Waals surface area contributed by atoms with Gasteiger partial charge in [-0.3, -0.25) is 14.3 Å². The first-order chi connectivity index (χ1) is 13.5. The van der Waals surface area contributed by atoms with E-state index < -0.39 is 17.9 Å². The summed E-state index contributed by atoms with van der Waals surface area (Å²) in [6.45, 7) is 9.95. The number of nitrogens with zero attached hydrogens (tertiary/aromatic N) is 3. The number of aryl methyl sites for hydroxylation is 4. The number of Topliss-reactive ketones (excluding diaryl/α,β-unsaturated/α-hetero) is 2. The average Bonchev–Trinajstić information content (AvgIpc) is 3.08. The first-order valence-electron chi connectivity index (χ1n) is 9.29. The Bertz CT molecular complexity index is 1170. The van der Waals surface area contributed by atoms with Crippen LogP contribution in [0.5, 0.6) is 0 Å². The summed E-state index contributed by atoms with van der Waals surface area (Å²) in [6.07, 6.45) is -1.02. The molecule has 3 aromatic rings. The third-order valence-corrected chi connectivity index (χ3v) is 5.10. The van der Waals surface area contributed by atoms with Crippen LogP contribution < -0.4 is 0 Å². The number of rotatable bonds is 5. The van der Waals surface area contributed by atoms with E-state index in [0.29, 0.717) is 28.2 Å². The quantitative estimate of drug-likeness (QED) is 0.524. The molecule has 152 valence electrons. The van der Waals surface area contributed by atoms with Gasteiger partial charge in [0.2, 0.25) is 5.78 Å². The molecule has 29 heavy (non-hydrogen) atoms. The normalized spacial score (nSPS) is 12.2. The summed E-state index contributed by atoms with van der Waals surface area (Å²) in [4.78, 5) is 44.8. The number of carbonyl (C=O) groups excluding carboxylic acids is 3. The van der Waals surface area contributed by atoms with Crippen molar-refractivity contribution in [1.29, 1.82) is 0 Å². The highest BCUT2D eigenvalue weighted by Gasteiger charge is 2.27. The Balaban J connectivity index is 1.88. The van der Waals surface area contributed by atoms with Crippen LogP contribution in [-0.2, 0) is 11.8 Å². The molecule has 0 aliphatic rings. The van der Waals surface area contributed by atoms with Crippen molar-refractivity contribution in [3.05, 3.63) is 45.5 Å². The lowest BCUT2D eigenvalue weighted by Crippen LogP contribution is -2.26. The number of esters is 1. The second kappa shape index (κ2) is 7.27. The molecule has 0 unspecified atom stereocenters. The van der Waals surface area contributed by atoms with Gasteiger partial charge in [0.1, 0.15) is 0 Å². The van der Waals surface area contributed by atoms with E-state index in [0.717, 1.165) is 11.1 Å². The van der Waals surface area contributed by atoms with E-state index >= 15 is 0 Å². The van der Waals surface area contributed by atoms with E-state index in [2.05, 4.69) is 15.1 Å². The summed E-state index contributed by atoms with van der Waals surface area (Å²) in [7, 11) is 1.79. The number of aromatic amines is 1. The summed E-state index contributed by atoms with van der Waals surface area (Å²) in [6, 6.07) is 1.69. The maximum absolute atomic E-state index is 12.8. The van der Waals surface area contributed by atoms with Gasteiger partial charge in [-0.25, -0.2) is 9.78 Å². The molecule has 0 aliphatic carbocycles. The Morgan fingerprint density at radius 2 is 1.79 bits per heavy atom. The first-order valence-corrected chi connectivity index (χ1v) is 9.29. The second-order valence-electron chi connectivity index (χ2n) is 7.29. The van der Waals surface area contributed by atoms with Gasteiger partial charge in [-0.05, 0) is 53.2 Å². The third-order valence-electron chi connectivity index (χ3n) is 5.10. The van der Waals surface area contributed by atoms with Crippen LogP contribution in [0.15, 0.2) is 6.07 Å². The van der Waals surface area contributed by atoms with Gasteiger partial charge in [0.05, 0.1) is 22.6 Å². The Hall–Kier alpha value is -3.29. The van der Waals surface area contributed by atoms with Gasteiger partial charge in [-0.15, -0.1) is 0 Å². The highest BCUT2D eigenvalue weighted by Crippen LogP contribution is 2.23. The SMILES string of the molecule is CC(=O)c1c(C)[nH]c(C(=O)[C@@H](C)OC(=O)c2cc3c(C)nn(C)c3nc2C)c1C. The number of hydrogen-bond donors (Lipinski definition) is 1. The lowest BCUT2D eigenvalue weighted by Gasteiger charge is -2.13. The van der Waals surface area contributed by atoms with Crippen LogP contribution in [-0.4, -0.2) is 43.4 Å². The highest BCUT2D eigenvalue weighted by molar-refractivity contribution is 6.06. The minimum atomic E-state index is -1.02. The molecular weight excluding hydrogens is 372 g/mol. The molecule has 3 aromatic heterocycles. The zero-order valence-electron chi connectivity index (χ0n) is 17.6. The van der Waals surface area contributed by atoms with E-state index in [1.807, 2.05) is 6.92 Å². The molecule has 0 aromatic carbocycles. The zero-order chi connectivity index (χ0) is 21.6. The van der Waals surface area contributed by atoms with Crippen LogP contribution in [0.3, 0.4) is 0 Å². The molecule has 0 bridgehead atoms. The smallest absolute Gasteiger partial charge is 0.340 e. The van der Waals surface area contributed by atoms with Gasteiger partial charge in [0, 0.05) is 23.7 Å². The second-order valence-corrected chi connectivity index (χ2v) is 7.29. The van der Waals surface area contributed by atoms with Crippen molar-refractivity contribution < 1.29 is 19.1 Å². The number of ether oxygens (including phenoxy) is 1. The lowest BCUT2D eigenvalue weighted by atomic mass is 10.0. The number of pyridine rings is 1. The molecule has 1 N–H and O–H groups in total. The van der Waals surface area contributed by atoms with Gasteiger partial charge < -0.3 is 9.72 Å². The van der Waals surface area contributed by atoms with Crippen LogP contribution in [0.1, 0.15) is 67.7 Å². The largest absolute Gasteiger partial charge is 0.451 e. The molecule has 0 fully saturated rings. The Morgan fingerprint density at radius 3 is 2.38 bits per heavy atom. The van der Waals surface area contributed by atoms with Crippen molar-refractivity contribution in [2.24, 2.45) is 7.05 Å². The number of H-pyrrole nitrogens is 1. The molecule has 3 heterocycles. The highest BCUT2D eigenvalue weighted by atomic mass is 16.5. The minimum Gasteiger partial charge on any atom is -0.451 e. The monoisotopic (exact) mass is 396 g/mol. The summed E-state index contributed by atoms with van der Waals surface area (Å²) in [5.41, 5.74) is 4.17. The Morgan fingerprint density at radius 1 is 1.14 bits per heavy atom. The molecule has 0 radical (unpaired) electrons. The van der Waals surface area contributed by atoms with Gasteiger partial charge in [-0.1, -0.05) is 0 Å². The summed E-state index contributed by atoms with van der Waals surface area (Å²) in [5, 5.41) is 5.07. The number of nitrogens with one attached hydrogen (secondary N) is 1. The van der Waals surface area contributed by atoms with Crippen LogP contribution in [0, 0.1) is 27.7 Å². The molecule has 8 heteroatoms. The number of ketones is 2. The molecule has 0 amide bonds. The molecule has 8 nitrogen and oxygen atoms in total. The van der Waals surface area contributed by atoms with Crippen LogP contribution >= 0.6 is 0 Å². The van der Waals surface area contributed by atoms with Crippen LogP contribution in [0.25, 0.3) is 11.0 Å². The van der Waals surface area contributed by atoms with Gasteiger partial charge >= 0.3 is 5.97 Å². The van der Waals surface area contributed by atoms with Gasteiger partial charge in [-0.2, -0.15) is 5.10 Å².